The summed E-state index contributed by atoms with van der Waals surface area (Å²) in [5.74, 6) is -0.142. The number of nitrogens with zero attached hydrogens (tertiary/aromatic N) is 3. The van der Waals surface area contributed by atoms with Crippen LogP contribution in [0.3, 0.4) is 0 Å². The summed E-state index contributed by atoms with van der Waals surface area (Å²) >= 11 is 5.97. The first-order valence-corrected chi connectivity index (χ1v) is 15.1. The summed E-state index contributed by atoms with van der Waals surface area (Å²) < 4.78 is 60.6. The summed E-state index contributed by atoms with van der Waals surface area (Å²) in [5, 5.41) is 0.380. The highest BCUT2D eigenvalue weighted by Crippen LogP contribution is 2.35. The predicted molar refractivity (Wildman–Crippen MR) is 147 cm³/mol. The average Bonchev–Trinajstić information content (AvgIpc) is 3.31. The highest BCUT2D eigenvalue weighted by Gasteiger charge is 2.33. The number of anilines is 2. The molecule has 3 aromatic rings. The first-order chi connectivity index (χ1) is 18.0. The Bertz CT molecular complexity index is 1560. The molecule has 9 nitrogen and oxygen atoms in total. The quantitative estimate of drug-likeness (QED) is 0.383. The van der Waals surface area contributed by atoms with Crippen molar-refractivity contribution in [1.82, 2.24) is 4.31 Å². The molecule has 0 saturated carbocycles. The molecule has 4 rings (SSSR count). The van der Waals surface area contributed by atoms with Gasteiger partial charge in [-0.2, -0.15) is 0 Å². The van der Waals surface area contributed by atoms with Crippen LogP contribution in [0.1, 0.15) is 12.5 Å². The van der Waals surface area contributed by atoms with E-state index in [9.17, 15) is 21.6 Å². The van der Waals surface area contributed by atoms with Gasteiger partial charge in [0.1, 0.15) is 12.3 Å². The van der Waals surface area contributed by atoms with E-state index in [1.165, 1.54) is 49.3 Å². The Morgan fingerprint density at radius 2 is 1.61 bits per heavy atom. The van der Waals surface area contributed by atoms with Crippen LogP contribution in [0, 0.1) is 0 Å². The van der Waals surface area contributed by atoms with Crippen molar-refractivity contribution in [2.75, 3.05) is 43.0 Å². The standard InChI is InChI=1S/C26H28ClN3O6S2/c1-4-36-25-8-6-5-7-24(25)30(38(34,35)21-11-9-20(27)10-12-21)18-26(31)29-16-15-19-17-22(13-14-23(19)29)37(32,33)28(2)3/h5-14,17H,4,15-16,18H2,1-3H3. The van der Waals surface area contributed by atoms with Crippen molar-refractivity contribution in [3.63, 3.8) is 0 Å². The Morgan fingerprint density at radius 1 is 0.947 bits per heavy atom. The Hall–Kier alpha value is -3.12. The maximum Gasteiger partial charge on any atom is 0.264 e. The van der Waals surface area contributed by atoms with Gasteiger partial charge in [-0.15, -0.1) is 0 Å². The summed E-state index contributed by atoms with van der Waals surface area (Å²) in [4.78, 5) is 15.2. The van der Waals surface area contributed by atoms with E-state index in [-0.39, 0.29) is 15.5 Å². The normalized spacial score (nSPS) is 13.4. The fourth-order valence-electron chi connectivity index (χ4n) is 4.19. The minimum absolute atomic E-state index is 0.0265. The molecule has 38 heavy (non-hydrogen) atoms. The van der Waals surface area contributed by atoms with Crippen LogP contribution in [0.25, 0.3) is 0 Å². The molecule has 0 N–H and O–H groups in total. The fourth-order valence-corrected chi connectivity index (χ4v) is 6.69. The monoisotopic (exact) mass is 577 g/mol. The number of hydrogen-bond acceptors (Lipinski definition) is 6. The molecule has 12 heteroatoms. The van der Waals surface area contributed by atoms with Gasteiger partial charge in [0, 0.05) is 31.4 Å². The number of ether oxygens (including phenoxy) is 1. The topological polar surface area (TPSA) is 104 Å². The van der Waals surface area contributed by atoms with Crippen LogP contribution in [0.5, 0.6) is 5.75 Å². The molecule has 1 heterocycles. The van der Waals surface area contributed by atoms with E-state index in [2.05, 4.69) is 0 Å². The summed E-state index contributed by atoms with van der Waals surface area (Å²) in [5.41, 5.74) is 1.47. The first-order valence-electron chi connectivity index (χ1n) is 11.8. The van der Waals surface area contributed by atoms with Gasteiger partial charge in [-0.05, 0) is 73.5 Å². The molecule has 0 aliphatic carbocycles. The number of rotatable bonds is 9. The third-order valence-electron chi connectivity index (χ3n) is 6.14. The Kier molecular flexibility index (Phi) is 8.03. The van der Waals surface area contributed by atoms with Crippen molar-refractivity contribution in [1.29, 1.82) is 0 Å². The lowest BCUT2D eigenvalue weighted by atomic mass is 10.2. The molecule has 1 aliphatic heterocycles. The van der Waals surface area contributed by atoms with E-state index in [0.717, 1.165) is 8.61 Å². The lowest BCUT2D eigenvalue weighted by Crippen LogP contribution is -2.42. The molecule has 0 saturated heterocycles. The number of hydrogen-bond donors (Lipinski definition) is 0. The zero-order valence-corrected chi connectivity index (χ0v) is 23.6. The van der Waals surface area contributed by atoms with Gasteiger partial charge < -0.3 is 9.64 Å². The predicted octanol–water partition coefficient (Wildman–Crippen LogP) is 3.77. The van der Waals surface area contributed by atoms with Crippen LogP contribution in [-0.2, 0) is 31.3 Å². The van der Waals surface area contributed by atoms with Crippen molar-refractivity contribution in [2.45, 2.75) is 23.1 Å². The molecular formula is C26H28ClN3O6S2. The summed E-state index contributed by atoms with van der Waals surface area (Å²) in [7, 11) is -4.92. The van der Waals surface area contributed by atoms with Crippen LogP contribution in [-0.4, -0.2) is 60.8 Å². The molecule has 0 radical (unpaired) electrons. The van der Waals surface area contributed by atoms with Crippen LogP contribution < -0.4 is 13.9 Å². The van der Waals surface area contributed by atoms with Crippen molar-refractivity contribution in [3.8, 4) is 5.75 Å². The van der Waals surface area contributed by atoms with E-state index in [4.69, 9.17) is 16.3 Å². The summed E-state index contributed by atoms with van der Waals surface area (Å²) in [6, 6.07) is 16.9. The van der Waals surface area contributed by atoms with Gasteiger partial charge in [-0.1, -0.05) is 23.7 Å². The van der Waals surface area contributed by atoms with Gasteiger partial charge in [0.25, 0.3) is 10.0 Å². The summed E-state index contributed by atoms with van der Waals surface area (Å²) in [6.45, 7) is 1.89. The van der Waals surface area contributed by atoms with Crippen molar-refractivity contribution in [3.05, 3.63) is 77.3 Å². The summed E-state index contributed by atoms with van der Waals surface area (Å²) in [6.07, 6.45) is 0.442. The SMILES string of the molecule is CCOc1ccccc1N(CC(=O)N1CCc2cc(S(=O)(=O)N(C)C)ccc21)S(=O)(=O)c1ccc(Cl)cc1. The van der Waals surface area contributed by atoms with E-state index in [0.29, 0.717) is 41.6 Å². The number of amides is 1. The van der Waals surface area contributed by atoms with Gasteiger partial charge in [-0.25, -0.2) is 21.1 Å². The molecule has 0 atom stereocenters. The Morgan fingerprint density at radius 3 is 2.26 bits per heavy atom. The van der Waals surface area contributed by atoms with Crippen molar-refractivity contribution in [2.24, 2.45) is 0 Å². The van der Waals surface area contributed by atoms with E-state index in [1.54, 1.807) is 43.3 Å². The van der Waals surface area contributed by atoms with Crippen LogP contribution >= 0.6 is 11.6 Å². The Balaban J connectivity index is 1.72. The van der Waals surface area contributed by atoms with Crippen LogP contribution in [0.15, 0.2) is 76.5 Å². The molecule has 0 spiro atoms. The lowest BCUT2D eigenvalue weighted by molar-refractivity contribution is -0.117. The van der Waals surface area contributed by atoms with Gasteiger partial charge in [-0.3, -0.25) is 9.10 Å². The van der Waals surface area contributed by atoms with Gasteiger partial charge in [0.15, 0.2) is 0 Å². The molecule has 0 unspecified atom stereocenters. The molecule has 3 aromatic carbocycles. The van der Waals surface area contributed by atoms with Crippen molar-refractivity contribution < 1.29 is 26.4 Å². The number of carbonyl (C=O) groups is 1. The molecule has 1 aliphatic rings. The molecule has 202 valence electrons. The number of benzene rings is 3. The number of halogens is 1. The van der Waals surface area contributed by atoms with Gasteiger partial charge in [0.05, 0.1) is 22.1 Å². The second-order valence-electron chi connectivity index (χ2n) is 8.74. The minimum atomic E-state index is -4.19. The third kappa shape index (κ3) is 5.37. The molecule has 1 amide bonds. The van der Waals surface area contributed by atoms with Crippen molar-refractivity contribution >= 4 is 48.9 Å². The molecular weight excluding hydrogens is 550 g/mol. The highest BCUT2D eigenvalue weighted by atomic mass is 35.5. The molecule has 0 aromatic heterocycles. The number of sulfonamides is 2. The Labute approximate surface area is 228 Å². The molecule has 0 bridgehead atoms. The van der Waals surface area contributed by atoms with E-state index >= 15 is 0 Å². The fraction of sp³-hybridized carbons (Fsp3) is 0.269. The highest BCUT2D eigenvalue weighted by molar-refractivity contribution is 7.93. The second kappa shape index (κ2) is 10.9. The van der Waals surface area contributed by atoms with E-state index in [1.807, 2.05) is 0 Å². The first kappa shape index (κ1) is 27.9. The third-order valence-corrected chi connectivity index (χ3v) is 9.98. The van der Waals surface area contributed by atoms with Gasteiger partial charge in [0.2, 0.25) is 15.9 Å². The smallest absolute Gasteiger partial charge is 0.264 e. The number of carbonyl (C=O) groups excluding carboxylic acids is 1. The van der Waals surface area contributed by atoms with Gasteiger partial charge >= 0.3 is 0 Å². The second-order valence-corrected chi connectivity index (χ2v) is 13.2. The maximum absolute atomic E-state index is 13.8. The zero-order chi connectivity index (χ0) is 27.7. The molecule has 0 fully saturated rings. The van der Waals surface area contributed by atoms with Crippen LogP contribution in [0.4, 0.5) is 11.4 Å². The lowest BCUT2D eigenvalue weighted by Gasteiger charge is -2.28. The van der Waals surface area contributed by atoms with E-state index < -0.39 is 32.5 Å². The minimum Gasteiger partial charge on any atom is -0.492 e. The zero-order valence-electron chi connectivity index (χ0n) is 21.2. The largest absolute Gasteiger partial charge is 0.492 e. The maximum atomic E-state index is 13.8. The average molecular weight is 578 g/mol. The van der Waals surface area contributed by atoms with Crippen LogP contribution in [0.2, 0.25) is 5.02 Å². The number of para-hydroxylation sites is 2. The number of fused-ring (bicyclic) bond motifs is 1.